The number of para-hydroxylation sites is 4. The van der Waals surface area contributed by atoms with E-state index in [1.807, 2.05) is 204 Å². The fourth-order valence-corrected chi connectivity index (χ4v) is 10.1. The van der Waals surface area contributed by atoms with Gasteiger partial charge in [0.05, 0.1) is 0 Å². The quantitative estimate of drug-likeness (QED) is 0.0778. The van der Waals surface area contributed by atoms with Crippen LogP contribution in [-0.4, -0.2) is 81.7 Å². The van der Waals surface area contributed by atoms with Gasteiger partial charge in [-0.3, -0.25) is 0 Å². The van der Waals surface area contributed by atoms with Crippen LogP contribution in [0.5, 0.6) is 92.0 Å². The third-order valence-electron chi connectivity index (χ3n) is 18.5. The molecule has 0 saturated carbocycles. The van der Waals surface area contributed by atoms with Gasteiger partial charge in [0.1, 0.15) is 92.0 Å². The van der Waals surface area contributed by atoms with Crippen molar-refractivity contribution in [3.8, 4) is 92.0 Å². The van der Waals surface area contributed by atoms with Gasteiger partial charge < -0.3 is 81.7 Å². The first-order valence-corrected chi connectivity index (χ1v) is 40.0. The number of hydrogen-bond acceptors (Lipinski definition) is 16. The molecule has 0 amide bonds. The molecule has 0 aliphatic carbocycles. The van der Waals surface area contributed by atoms with Crippen LogP contribution in [0.25, 0.3) is 0 Å². The summed E-state index contributed by atoms with van der Waals surface area (Å²) in [7, 11) is 0. The molecule has 12 rings (SSSR count). The van der Waals surface area contributed by atoms with E-state index in [9.17, 15) is 20.4 Å². The highest BCUT2D eigenvalue weighted by molar-refractivity contribution is 5.45. The SMILES string of the molecule is CCc1ccc(O)cc1O.CCc1ccc(O)cc1O.CCc1ccc(O)cc1O.CCc1ccc(O)cc1O.Cc1cc(C(C)(C)C)ccc1O.Cc1cc(C(C)(C)C)ccc1O.Cc1cc(C(C)(C)C)ccc1O.Cc1cc(C(C)(C)C)ccc1O.Cc1ccccc1O.Cc1ccccc1O.Cc1ccccc1O.Cc1ccccc1O. The monoisotopic (exact) mass is 1640 g/mol. The molecule has 0 radical (unpaired) electrons. The van der Waals surface area contributed by atoms with Gasteiger partial charge in [0.15, 0.2) is 0 Å². The van der Waals surface area contributed by atoms with E-state index >= 15 is 0 Å². The maximum Gasteiger partial charge on any atom is 0.122 e. The number of phenols is 16. The molecule has 0 aromatic heterocycles. The van der Waals surface area contributed by atoms with Gasteiger partial charge in [-0.1, -0.05) is 256 Å². The lowest BCUT2D eigenvalue weighted by Crippen LogP contribution is -2.10. The summed E-state index contributed by atoms with van der Waals surface area (Å²) in [4.78, 5) is 0. The lowest BCUT2D eigenvalue weighted by atomic mass is 9.86. The van der Waals surface area contributed by atoms with Gasteiger partial charge in [0.2, 0.25) is 0 Å². The fourth-order valence-electron chi connectivity index (χ4n) is 10.1. The van der Waals surface area contributed by atoms with Crippen molar-refractivity contribution in [3.05, 3.63) is 332 Å². The average molecular weight is 1640 g/mol. The van der Waals surface area contributed by atoms with E-state index in [2.05, 4.69) is 83.1 Å². The van der Waals surface area contributed by atoms with Gasteiger partial charge in [0, 0.05) is 24.3 Å². The highest BCUT2D eigenvalue weighted by Gasteiger charge is 2.17. The fraction of sp³-hybridized carbons (Fsp3) is 0.308. The van der Waals surface area contributed by atoms with E-state index < -0.39 is 0 Å². The lowest BCUT2D eigenvalue weighted by molar-refractivity contribution is 0.445. The molecule has 0 bridgehead atoms. The van der Waals surface area contributed by atoms with Gasteiger partial charge >= 0.3 is 0 Å². The summed E-state index contributed by atoms with van der Waals surface area (Å²) >= 11 is 0. The predicted octanol–water partition coefficient (Wildman–Crippen LogP) is 25.4. The Bertz CT molecular complexity index is 4300. The second-order valence-corrected chi connectivity index (χ2v) is 32.8. The summed E-state index contributed by atoms with van der Waals surface area (Å²) in [5, 5.41) is 145. The molecule has 0 fully saturated rings. The van der Waals surface area contributed by atoms with Crippen molar-refractivity contribution in [1.82, 2.24) is 0 Å². The predicted molar refractivity (Wildman–Crippen MR) is 494 cm³/mol. The maximum atomic E-state index is 9.31. The van der Waals surface area contributed by atoms with E-state index in [0.717, 1.165) is 92.4 Å². The van der Waals surface area contributed by atoms with Crippen molar-refractivity contribution < 1.29 is 81.7 Å². The molecule has 0 aliphatic rings. The van der Waals surface area contributed by atoms with Gasteiger partial charge in [-0.25, -0.2) is 0 Å². The molecule has 16 nitrogen and oxygen atoms in total. The van der Waals surface area contributed by atoms with Crippen molar-refractivity contribution >= 4 is 0 Å². The number of aromatic hydroxyl groups is 16. The smallest absolute Gasteiger partial charge is 0.122 e. The zero-order valence-corrected chi connectivity index (χ0v) is 75.1. The Labute approximate surface area is 715 Å². The Morgan fingerprint density at radius 3 is 0.425 bits per heavy atom. The molecule has 120 heavy (non-hydrogen) atoms. The minimum atomic E-state index is 0.106. The van der Waals surface area contributed by atoms with E-state index in [1.54, 1.807) is 97.1 Å². The van der Waals surface area contributed by atoms with Crippen LogP contribution in [0.2, 0.25) is 0 Å². The molecule has 12 aromatic rings. The van der Waals surface area contributed by atoms with Crippen LogP contribution in [0.3, 0.4) is 0 Å². The second kappa shape index (κ2) is 51.6. The molecule has 16 N–H and O–H groups in total. The standard InChI is InChI=1S/4C11H16O.4C8H10O2.4C7H8O/c4*1-8-7-9(11(2,3)4)5-6-10(8)12;4*1-2-6-3-4-7(9)5-8(6)10;4*1-6-4-2-3-5-7(6)8/h4*5-7,12H,1-4H3;4*3-5,9-10H,2H2,1H3;4*2-5,8H,1H3. The normalized spacial score (nSPS) is 10.3. The van der Waals surface area contributed by atoms with Gasteiger partial charge in [-0.05, 0) is 265 Å². The van der Waals surface area contributed by atoms with Crippen molar-refractivity contribution in [2.45, 2.75) is 214 Å². The van der Waals surface area contributed by atoms with Crippen molar-refractivity contribution in [2.24, 2.45) is 0 Å². The lowest BCUT2D eigenvalue weighted by Gasteiger charge is -2.19. The number of benzene rings is 12. The Morgan fingerprint density at radius 2 is 0.317 bits per heavy atom. The third kappa shape index (κ3) is 41.0. The van der Waals surface area contributed by atoms with Crippen LogP contribution >= 0.6 is 0 Å². The van der Waals surface area contributed by atoms with Crippen molar-refractivity contribution in [3.63, 3.8) is 0 Å². The van der Waals surface area contributed by atoms with Crippen LogP contribution in [0, 0.1) is 55.4 Å². The van der Waals surface area contributed by atoms with E-state index in [4.69, 9.17) is 61.3 Å². The molecule has 12 aromatic carbocycles. The first kappa shape index (κ1) is 105. The Kier molecular flexibility index (Phi) is 45.3. The summed E-state index contributed by atoms with van der Waals surface area (Å²) in [5.41, 5.74) is 16.6. The van der Waals surface area contributed by atoms with Gasteiger partial charge in [-0.2, -0.15) is 0 Å². The molecular weight excluding hydrogens is 1510 g/mol. The second-order valence-electron chi connectivity index (χ2n) is 32.8. The largest absolute Gasteiger partial charge is 0.508 e. The molecule has 16 heteroatoms. The molecule has 0 aliphatic heterocycles. The molecule has 0 heterocycles. The summed E-state index contributed by atoms with van der Waals surface area (Å²) in [6, 6.07) is 70.6. The van der Waals surface area contributed by atoms with Gasteiger partial charge in [0.25, 0.3) is 0 Å². The van der Waals surface area contributed by atoms with Crippen LogP contribution in [-0.2, 0) is 47.3 Å². The van der Waals surface area contributed by atoms with Crippen molar-refractivity contribution in [2.75, 3.05) is 0 Å². The molecule has 0 atom stereocenters. The summed E-state index contributed by atoms with van der Waals surface area (Å²) in [5.74, 6) is 4.08. The maximum absolute atomic E-state index is 9.31. The minimum Gasteiger partial charge on any atom is -0.508 e. The Balaban J connectivity index is 0.000000656. The first-order valence-electron chi connectivity index (χ1n) is 40.0. The summed E-state index contributed by atoms with van der Waals surface area (Å²) in [6.07, 6.45) is 3.14. The summed E-state index contributed by atoms with van der Waals surface area (Å²) in [6.45, 7) is 49.0. The van der Waals surface area contributed by atoms with E-state index in [0.29, 0.717) is 46.0 Å². The Hall–Kier alpha value is -12.6. The third-order valence-corrected chi connectivity index (χ3v) is 18.5. The number of aryl methyl sites for hydroxylation is 12. The molecule has 0 spiro atoms. The van der Waals surface area contributed by atoms with Gasteiger partial charge in [-0.15, -0.1) is 0 Å². The number of rotatable bonds is 4. The van der Waals surface area contributed by atoms with Crippen LogP contribution in [0.1, 0.15) is 200 Å². The van der Waals surface area contributed by atoms with Crippen molar-refractivity contribution in [1.29, 1.82) is 0 Å². The first-order chi connectivity index (χ1) is 55.8. The summed E-state index contributed by atoms with van der Waals surface area (Å²) < 4.78 is 0. The molecular formula is C104H136O16. The Morgan fingerprint density at radius 1 is 0.167 bits per heavy atom. The molecule has 0 saturated heterocycles. The number of phenolic OH excluding ortho intramolecular Hbond substituents is 16. The number of hydrogen-bond donors (Lipinski definition) is 16. The van der Waals surface area contributed by atoms with Crippen LogP contribution < -0.4 is 0 Å². The average Bonchev–Trinajstić information content (AvgIpc) is 0.849. The topological polar surface area (TPSA) is 324 Å². The highest BCUT2D eigenvalue weighted by Crippen LogP contribution is 2.32. The minimum absolute atomic E-state index is 0.106. The molecule has 648 valence electrons. The van der Waals surface area contributed by atoms with Crippen LogP contribution in [0.4, 0.5) is 0 Å². The van der Waals surface area contributed by atoms with Crippen LogP contribution in [0.15, 0.2) is 243 Å². The van der Waals surface area contributed by atoms with E-state index in [1.165, 1.54) is 46.5 Å². The van der Waals surface area contributed by atoms with E-state index in [-0.39, 0.29) is 67.7 Å². The zero-order valence-electron chi connectivity index (χ0n) is 75.1. The zero-order chi connectivity index (χ0) is 91.6. The highest BCUT2D eigenvalue weighted by atomic mass is 16.3. The molecule has 0 unspecified atom stereocenters.